The minimum Gasteiger partial charge on any atom is -0.480 e. The van der Waals surface area contributed by atoms with Crippen LogP contribution in [-0.2, 0) is 4.79 Å². The van der Waals surface area contributed by atoms with Crippen LogP contribution in [0.15, 0.2) is 42.5 Å². The van der Waals surface area contributed by atoms with Crippen molar-refractivity contribution < 1.29 is 14.3 Å². The molecule has 0 fully saturated rings. The summed E-state index contributed by atoms with van der Waals surface area (Å²) in [5.41, 5.74) is 5.85. The smallest absolute Gasteiger partial charge is 0.265 e. The Morgan fingerprint density at radius 3 is 2.57 bits per heavy atom. The number of hydrogen-bond donors (Lipinski definition) is 2. The average Bonchev–Trinajstić information content (AvgIpc) is 2.51. The molecule has 7 heteroatoms. The minimum atomic E-state index is -0.870. The molecule has 0 heterocycles. The summed E-state index contributed by atoms with van der Waals surface area (Å²) in [4.78, 5) is 23.6. The number of amides is 2. The number of carbonyl (C=O) groups is 2. The number of carbonyl (C=O) groups excluding carboxylic acids is 2. The van der Waals surface area contributed by atoms with Gasteiger partial charge < -0.3 is 15.8 Å². The van der Waals surface area contributed by atoms with E-state index in [4.69, 9.17) is 33.7 Å². The number of nitrogens with two attached hydrogens (primary N) is 1. The maximum Gasteiger partial charge on any atom is 0.265 e. The summed E-state index contributed by atoms with van der Waals surface area (Å²) in [5.74, 6) is -0.834. The van der Waals surface area contributed by atoms with E-state index in [1.54, 1.807) is 37.3 Å². The van der Waals surface area contributed by atoms with Crippen molar-refractivity contribution in [2.45, 2.75) is 13.0 Å². The van der Waals surface area contributed by atoms with E-state index in [-0.39, 0.29) is 11.3 Å². The van der Waals surface area contributed by atoms with E-state index in [1.807, 2.05) is 0 Å². The monoisotopic (exact) mass is 352 g/mol. The maximum absolute atomic E-state index is 12.2. The van der Waals surface area contributed by atoms with Gasteiger partial charge in [-0.1, -0.05) is 35.3 Å². The number of ether oxygens (including phenoxy) is 1. The molecule has 2 aromatic rings. The first-order chi connectivity index (χ1) is 10.9. The number of nitrogens with one attached hydrogen (secondary N) is 1. The van der Waals surface area contributed by atoms with Gasteiger partial charge in [-0.15, -0.1) is 0 Å². The van der Waals surface area contributed by atoms with Crippen LogP contribution in [0.5, 0.6) is 5.75 Å². The number of anilines is 1. The van der Waals surface area contributed by atoms with Crippen LogP contribution in [0.25, 0.3) is 0 Å². The Labute approximate surface area is 143 Å². The standard InChI is InChI=1S/C16H14Cl2N2O3/c1-9(23-14-5-3-2-4-11(14)15(19)21)16(22)20-13-8-10(17)6-7-12(13)18/h2-9H,1H3,(H2,19,21)(H,20,22)/t9-/m0/s1. The molecule has 0 saturated carbocycles. The Kier molecular flexibility index (Phi) is 5.47. The molecule has 0 spiro atoms. The Morgan fingerprint density at radius 2 is 1.87 bits per heavy atom. The molecular weight excluding hydrogens is 339 g/mol. The third kappa shape index (κ3) is 4.37. The normalized spacial score (nSPS) is 11.6. The lowest BCUT2D eigenvalue weighted by Gasteiger charge is -2.17. The minimum absolute atomic E-state index is 0.202. The molecule has 0 saturated heterocycles. The lowest BCUT2D eigenvalue weighted by Crippen LogP contribution is -2.31. The molecule has 3 N–H and O–H groups in total. The highest BCUT2D eigenvalue weighted by Crippen LogP contribution is 2.26. The molecule has 0 aliphatic carbocycles. The average molecular weight is 353 g/mol. The summed E-state index contributed by atoms with van der Waals surface area (Å²) in [5, 5.41) is 3.42. The summed E-state index contributed by atoms with van der Waals surface area (Å²) in [6.07, 6.45) is -0.870. The molecule has 2 amide bonds. The van der Waals surface area contributed by atoms with E-state index < -0.39 is 17.9 Å². The van der Waals surface area contributed by atoms with Crippen LogP contribution in [0.1, 0.15) is 17.3 Å². The summed E-state index contributed by atoms with van der Waals surface area (Å²) >= 11 is 11.9. The quantitative estimate of drug-likeness (QED) is 0.863. The fraction of sp³-hybridized carbons (Fsp3) is 0.125. The molecule has 0 aromatic heterocycles. The van der Waals surface area contributed by atoms with Gasteiger partial charge in [-0.3, -0.25) is 9.59 Å². The highest BCUT2D eigenvalue weighted by Gasteiger charge is 2.19. The van der Waals surface area contributed by atoms with Crippen LogP contribution in [0, 0.1) is 0 Å². The second kappa shape index (κ2) is 7.35. The van der Waals surface area contributed by atoms with Crippen molar-refractivity contribution in [2.24, 2.45) is 5.73 Å². The molecule has 1 atom stereocenters. The van der Waals surface area contributed by atoms with Crippen molar-refractivity contribution >= 4 is 40.7 Å². The Balaban J connectivity index is 2.12. The van der Waals surface area contributed by atoms with Crippen molar-refractivity contribution in [2.75, 3.05) is 5.32 Å². The van der Waals surface area contributed by atoms with Crippen molar-refractivity contribution in [1.29, 1.82) is 0 Å². The third-order valence-corrected chi connectivity index (χ3v) is 3.58. The van der Waals surface area contributed by atoms with Gasteiger partial charge in [0.1, 0.15) is 5.75 Å². The van der Waals surface area contributed by atoms with Crippen molar-refractivity contribution in [3.63, 3.8) is 0 Å². The molecule has 0 radical (unpaired) electrons. The molecule has 2 aromatic carbocycles. The van der Waals surface area contributed by atoms with Gasteiger partial charge in [0.15, 0.2) is 6.10 Å². The number of hydrogen-bond acceptors (Lipinski definition) is 3. The first-order valence-corrected chi connectivity index (χ1v) is 7.45. The molecule has 2 rings (SSSR count). The number of para-hydroxylation sites is 1. The van der Waals surface area contributed by atoms with E-state index in [0.29, 0.717) is 15.7 Å². The second-order valence-electron chi connectivity index (χ2n) is 4.73. The van der Waals surface area contributed by atoms with Crippen molar-refractivity contribution in [3.8, 4) is 5.75 Å². The van der Waals surface area contributed by atoms with Gasteiger partial charge in [-0.25, -0.2) is 0 Å². The van der Waals surface area contributed by atoms with Gasteiger partial charge in [0.05, 0.1) is 16.3 Å². The molecule has 0 aliphatic rings. The van der Waals surface area contributed by atoms with E-state index in [9.17, 15) is 9.59 Å². The van der Waals surface area contributed by atoms with Crippen LogP contribution in [0.2, 0.25) is 10.0 Å². The lowest BCUT2D eigenvalue weighted by molar-refractivity contribution is -0.122. The molecular formula is C16H14Cl2N2O3. The predicted molar refractivity (Wildman–Crippen MR) is 90.1 cm³/mol. The molecule has 23 heavy (non-hydrogen) atoms. The fourth-order valence-electron chi connectivity index (χ4n) is 1.84. The van der Waals surface area contributed by atoms with Crippen LogP contribution in [-0.4, -0.2) is 17.9 Å². The first kappa shape index (κ1) is 17.1. The zero-order valence-electron chi connectivity index (χ0n) is 12.2. The fourth-order valence-corrected chi connectivity index (χ4v) is 2.18. The van der Waals surface area contributed by atoms with E-state index in [2.05, 4.69) is 5.32 Å². The van der Waals surface area contributed by atoms with Gasteiger partial charge in [0, 0.05) is 5.02 Å². The number of halogens is 2. The largest absolute Gasteiger partial charge is 0.480 e. The summed E-state index contributed by atoms with van der Waals surface area (Å²) in [6, 6.07) is 11.2. The highest BCUT2D eigenvalue weighted by atomic mass is 35.5. The molecule has 5 nitrogen and oxygen atoms in total. The molecule has 0 bridgehead atoms. The predicted octanol–water partition coefficient (Wildman–Crippen LogP) is 3.50. The van der Waals surface area contributed by atoms with Crippen LogP contribution >= 0.6 is 23.2 Å². The van der Waals surface area contributed by atoms with Crippen molar-refractivity contribution in [3.05, 3.63) is 58.1 Å². The Hall–Kier alpha value is -2.24. The summed E-state index contributed by atoms with van der Waals surface area (Å²) in [7, 11) is 0. The van der Waals surface area contributed by atoms with E-state index in [1.165, 1.54) is 12.1 Å². The Morgan fingerprint density at radius 1 is 1.17 bits per heavy atom. The highest BCUT2D eigenvalue weighted by molar-refractivity contribution is 6.35. The van der Waals surface area contributed by atoms with Crippen LogP contribution in [0.4, 0.5) is 5.69 Å². The number of benzene rings is 2. The SMILES string of the molecule is C[C@H](Oc1ccccc1C(N)=O)C(=O)Nc1cc(Cl)ccc1Cl. The molecule has 0 unspecified atom stereocenters. The van der Waals surface area contributed by atoms with Crippen molar-refractivity contribution in [1.82, 2.24) is 0 Å². The lowest BCUT2D eigenvalue weighted by atomic mass is 10.2. The zero-order valence-corrected chi connectivity index (χ0v) is 13.7. The maximum atomic E-state index is 12.2. The van der Waals surface area contributed by atoms with Gasteiger partial charge in [0.25, 0.3) is 11.8 Å². The van der Waals surface area contributed by atoms with Gasteiger partial charge in [-0.2, -0.15) is 0 Å². The Bertz CT molecular complexity index is 750. The van der Waals surface area contributed by atoms with E-state index >= 15 is 0 Å². The number of primary amides is 1. The van der Waals surface area contributed by atoms with Crippen LogP contribution in [0.3, 0.4) is 0 Å². The van der Waals surface area contributed by atoms with Gasteiger partial charge in [0.2, 0.25) is 0 Å². The molecule has 120 valence electrons. The zero-order chi connectivity index (χ0) is 17.0. The first-order valence-electron chi connectivity index (χ1n) is 6.70. The van der Waals surface area contributed by atoms with Crippen LogP contribution < -0.4 is 15.8 Å². The summed E-state index contributed by atoms with van der Waals surface area (Å²) < 4.78 is 5.52. The third-order valence-electron chi connectivity index (χ3n) is 3.01. The van der Waals surface area contributed by atoms with Gasteiger partial charge in [-0.05, 0) is 37.3 Å². The van der Waals surface area contributed by atoms with E-state index in [0.717, 1.165) is 0 Å². The summed E-state index contributed by atoms with van der Waals surface area (Å²) in [6.45, 7) is 1.55. The topological polar surface area (TPSA) is 81.4 Å². The van der Waals surface area contributed by atoms with Gasteiger partial charge >= 0.3 is 0 Å². The molecule has 0 aliphatic heterocycles. The number of rotatable bonds is 5. The second-order valence-corrected chi connectivity index (χ2v) is 5.58.